The smallest absolute Gasteiger partial charge is 0.277 e. The van der Waals surface area contributed by atoms with Gasteiger partial charge in [-0.1, -0.05) is 59.2 Å². The molecule has 0 saturated carbocycles. The molecule has 2 heterocycles. The van der Waals surface area contributed by atoms with Crippen LogP contribution in [0.3, 0.4) is 0 Å². The Kier molecular flexibility index (Phi) is 6.67. The van der Waals surface area contributed by atoms with Crippen molar-refractivity contribution in [3.63, 3.8) is 0 Å². The summed E-state index contributed by atoms with van der Waals surface area (Å²) in [5.74, 6) is 0.227. The molecule has 2 amide bonds. The van der Waals surface area contributed by atoms with Crippen molar-refractivity contribution in [1.82, 2.24) is 10.1 Å². The first-order valence-corrected chi connectivity index (χ1v) is 10.9. The summed E-state index contributed by atoms with van der Waals surface area (Å²) in [4.78, 5) is 27.4. The SMILES string of the molecule is O=C(Nc1ccccc1Cl)c1cc(C2CCCCN2C(=O)CCc2ccccc2)on1. The summed E-state index contributed by atoms with van der Waals surface area (Å²) in [7, 11) is 0. The first-order chi connectivity index (χ1) is 15.1. The molecule has 6 nitrogen and oxygen atoms in total. The van der Waals surface area contributed by atoms with E-state index in [1.54, 1.807) is 30.3 Å². The quantitative estimate of drug-likeness (QED) is 0.570. The topological polar surface area (TPSA) is 75.4 Å². The average molecular weight is 438 g/mol. The molecule has 2 aromatic carbocycles. The van der Waals surface area contributed by atoms with Gasteiger partial charge in [0.25, 0.3) is 5.91 Å². The van der Waals surface area contributed by atoms with Crippen LogP contribution in [0.1, 0.15) is 53.5 Å². The van der Waals surface area contributed by atoms with Gasteiger partial charge in [0.2, 0.25) is 5.91 Å². The third-order valence-corrected chi connectivity index (χ3v) is 5.83. The van der Waals surface area contributed by atoms with Gasteiger partial charge in [-0.3, -0.25) is 9.59 Å². The number of amides is 2. The molecule has 160 valence electrons. The fourth-order valence-electron chi connectivity index (χ4n) is 3.87. The Labute approximate surface area is 186 Å². The fourth-order valence-corrected chi connectivity index (χ4v) is 4.05. The summed E-state index contributed by atoms with van der Waals surface area (Å²) in [6, 6.07) is 18.4. The lowest BCUT2D eigenvalue weighted by Gasteiger charge is -2.34. The number of nitrogens with one attached hydrogen (secondary N) is 1. The lowest BCUT2D eigenvalue weighted by molar-refractivity contribution is -0.135. The second kappa shape index (κ2) is 9.79. The van der Waals surface area contributed by atoms with Crippen LogP contribution in [0.5, 0.6) is 0 Å². The van der Waals surface area contributed by atoms with Crippen LogP contribution in [-0.4, -0.2) is 28.4 Å². The Bertz CT molecular complexity index is 1050. The minimum Gasteiger partial charge on any atom is -0.358 e. The first-order valence-electron chi connectivity index (χ1n) is 10.5. The summed E-state index contributed by atoms with van der Waals surface area (Å²) in [5, 5.41) is 7.12. The Morgan fingerprint density at radius 3 is 2.68 bits per heavy atom. The normalized spacial score (nSPS) is 16.2. The maximum absolute atomic E-state index is 12.9. The zero-order chi connectivity index (χ0) is 21.6. The number of carbonyl (C=O) groups excluding carboxylic acids is 2. The van der Waals surface area contributed by atoms with E-state index in [1.807, 2.05) is 35.2 Å². The molecule has 1 aromatic heterocycles. The van der Waals surface area contributed by atoms with Gasteiger partial charge in [0.15, 0.2) is 11.5 Å². The molecule has 0 radical (unpaired) electrons. The second-order valence-electron chi connectivity index (χ2n) is 7.63. The number of aromatic nitrogens is 1. The molecule has 3 aromatic rings. The number of rotatable bonds is 6. The molecular formula is C24H24ClN3O3. The number of hydrogen-bond donors (Lipinski definition) is 1. The highest BCUT2D eigenvalue weighted by molar-refractivity contribution is 6.33. The van der Waals surface area contributed by atoms with Crippen LogP contribution >= 0.6 is 11.6 Å². The van der Waals surface area contributed by atoms with Crippen molar-refractivity contribution in [1.29, 1.82) is 0 Å². The molecule has 0 bridgehead atoms. The molecule has 31 heavy (non-hydrogen) atoms. The van der Waals surface area contributed by atoms with Gasteiger partial charge >= 0.3 is 0 Å². The number of anilines is 1. The molecule has 1 unspecified atom stereocenters. The highest BCUT2D eigenvalue weighted by atomic mass is 35.5. The molecule has 1 N–H and O–H groups in total. The van der Waals surface area contributed by atoms with Gasteiger partial charge < -0.3 is 14.7 Å². The van der Waals surface area contributed by atoms with Gasteiger partial charge in [0.1, 0.15) is 0 Å². The van der Waals surface area contributed by atoms with Gasteiger partial charge in [0, 0.05) is 19.0 Å². The van der Waals surface area contributed by atoms with Crippen molar-refractivity contribution in [3.8, 4) is 0 Å². The summed E-state index contributed by atoms with van der Waals surface area (Å²) in [6.45, 7) is 0.681. The van der Waals surface area contributed by atoms with Crippen LogP contribution in [0.2, 0.25) is 5.02 Å². The summed E-state index contributed by atoms with van der Waals surface area (Å²) < 4.78 is 5.50. The molecule has 1 aliphatic heterocycles. The first kappa shape index (κ1) is 21.1. The second-order valence-corrected chi connectivity index (χ2v) is 8.04. The van der Waals surface area contributed by atoms with Crippen molar-refractivity contribution in [2.75, 3.05) is 11.9 Å². The summed E-state index contributed by atoms with van der Waals surface area (Å²) in [6.07, 6.45) is 3.88. The van der Waals surface area contributed by atoms with Crippen LogP contribution in [0.25, 0.3) is 0 Å². The lowest BCUT2D eigenvalue weighted by atomic mass is 9.98. The molecular weight excluding hydrogens is 414 g/mol. The van der Waals surface area contributed by atoms with Crippen LogP contribution in [-0.2, 0) is 11.2 Å². The molecule has 4 rings (SSSR count). The Balaban J connectivity index is 1.43. The van der Waals surface area contributed by atoms with E-state index in [-0.39, 0.29) is 17.6 Å². The molecule has 1 saturated heterocycles. The van der Waals surface area contributed by atoms with E-state index in [4.69, 9.17) is 16.1 Å². The molecule has 1 atom stereocenters. The van der Waals surface area contributed by atoms with Crippen molar-refractivity contribution in [2.24, 2.45) is 0 Å². The van der Waals surface area contributed by atoms with Gasteiger partial charge in [-0.2, -0.15) is 0 Å². The highest BCUT2D eigenvalue weighted by Gasteiger charge is 2.31. The largest absolute Gasteiger partial charge is 0.358 e. The highest BCUT2D eigenvalue weighted by Crippen LogP contribution is 2.32. The number of piperidine rings is 1. The van der Waals surface area contributed by atoms with E-state index in [9.17, 15) is 9.59 Å². The van der Waals surface area contributed by atoms with E-state index >= 15 is 0 Å². The molecule has 1 aliphatic rings. The number of likely N-dealkylation sites (tertiary alicyclic amines) is 1. The monoisotopic (exact) mass is 437 g/mol. The van der Waals surface area contributed by atoms with Gasteiger partial charge in [0.05, 0.1) is 16.8 Å². The maximum atomic E-state index is 12.9. The van der Waals surface area contributed by atoms with Gasteiger partial charge in [-0.05, 0) is 43.4 Å². The van der Waals surface area contributed by atoms with Crippen LogP contribution in [0, 0.1) is 0 Å². The third kappa shape index (κ3) is 5.14. The van der Waals surface area contributed by atoms with Crippen LogP contribution in [0.15, 0.2) is 65.2 Å². The van der Waals surface area contributed by atoms with E-state index in [2.05, 4.69) is 10.5 Å². The Morgan fingerprint density at radius 1 is 1.10 bits per heavy atom. The fraction of sp³-hybridized carbons (Fsp3) is 0.292. The Morgan fingerprint density at radius 2 is 1.87 bits per heavy atom. The maximum Gasteiger partial charge on any atom is 0.277 e. The lowest BCUT2D eigenvalue weighted by Crippen LogP contribution is -2.38. The van der Waals surface area contributed by atoms with Crippen molar-refractivity contribution < 1.29 is 14.1 Å². The molecule has 1 fully saturated rings. The molecule has 0 aliphatic carbocycles. The number of benzene rings is 2. The number of aryl methyl sites for hydroxylation is 1. The van der Waals surface area contributed by atoms with E-state index < -0.39 is 5.91 Å². The number of carbonyl (C=O) groups is 2. The molecule has 7 heteroatoms. The van der Waals surface area contributed by atoms with E-state index in [1.165, 1.54) is 0 Å². The van der Waals surface area contributed by atoms with Crippen LogP contribution < -0.4 is 5.32 Å². The van der Waals surface area contributed by atoms with E-state index in [0.717, 1.165) is 24.8 Å². The van der Waals surface area contributed by atoms with Crippen molar-refractivity contribution >= 4 is 29.1 Å². The zero-order valence-corrected chi connectivity index (χ0v) is 17.8. The van der Waals surface area contributed by atoms with Crippen molar-refractivity contribution in [3.05, 3.63) is 82.7 Å². The number of hydrogen-bond acceptors (Lipinski definition) is 4. The predicted molar refractivity (Wildman–Crippen MR) is 119 cm³/mol. The number of halogens is 1. The molecule has 0 spiro atoms. The predicted octanol–water partition coefficient (Wildman–Crippen LogP) is 5.27. The van der Waals surface area contributed by atoms with Crippen LogP contribution in [0.4, 0.5) is 5.69 Å². The zero-order valence-electron chi connectivity index (χ0n) is 17.1. The Hall–Kier alpha value is -3.12. The number of para-hydroxylation sites is 1. The minimum absolute atomic E-state index is 0.0898. The number of nitrogens with zero attached hydrogens (tertiary/aromatic N) is 2. The minimum atomic E-state index is -0.402. The summed E-state index contributed by atoms with van der Waals surface area (Å²) in [5.41, 5.74) is 1.81. The van der Waals surface area contributed by atoms with Gasteiger partial charge in [-0.15, -0.1) is 0 Å². The van der Waals surface area contributed by atoms with Gasteiger partial charge in [-0.25, -0.2) is 0 Å². The van der Waals surface area contributed by atoms with Crippen molar-refractivity contribution in [2.45, 2.75) is 38.1 Å². The average Bonchev–Trinajstić information content (AvgIpc) is 3.30. The standard InChI is InChI=1S/C24H24ClN3O3/c25-18-10-4-5-11-19(18)26-24(30)20-16-22(31-27-20)21-12-6-7-15-28(21)23(29)14-13-17-8-2-1-3-9-17/h1-5,8-11,16,21H,6-7,12-15H2,(H,26,30). The third-order valence-electron chi connectivity index (χ3n) is 5.51. The van der Waals surface area contributed by atoms with E-state index in [0.29, 0.717) is 35.9 Å². The summed E-state index contributed by atoms with van der Waals surface area (Å²) >= 11 is 6.11.